The quantitative estimate of drug-likeness (QED) is 0.183. The Morgan fingerprint density at radius 2 is 1.65 bits per heavy atom. The molecule has 1 fully saturated rings. The summed E-state index contributed by atoms with van der Waals surface area (Å²) in [5.41, 5.74) is 4.38. The number of nitrogens with zero attached hydrogens (tertiary/aromatic N) is 1. The van der Waals surface area contributed by atoms with Gasteiger partial charge in [-0.05, 0) is 85.5 Å². The molecule has 52 heavy (non-hydrogen) atoms. The maximum atomic E-state index is 13.6. The second-order valence-corrected chi connectivity index (χ2v) is 14.9. The number of benzene rings is 2. The molecule has 2 aliphatic rings. The van der Waals surface area contributed by atoms with Crippen molar-refractivity contribution in [1.29, 1.82) is 0 Å². The summed E-state index contributed by atoms with van der Waals surface area (Å²) in [6, 6.07) is 11.7. The molecule has 1 aliphatic heterocycles. The van der Waals surface area contributed by atoms with Gasteiger partial charge in [0.05, 0.1) is 51.6 Å². The lowest BCUT2D eigenvalue weighted by Gasteiger charge is -2.29. The molecular weight excluding hydrogens is 689 g/mol. The number of amides is 2. The van der Waals surface area contributed by atoms with E-state index in [0.717, 1.165) is 36.0 Å². The molecule has 13 nitrogen and oxygen atoms in total. The average Bonchev–Trinajstić information content (AvgIpc) is 3.36. The second kappa shape index (κ2) is 17.0. The fraction of sp³-hybridized carbons (Fsp3) is 0.447. The number of rotatable bonds is 14. The van der Waals surface area contributed by atoms with Crippen LogP contribution in [0.1, 0.15) is 69.0 Å². The normalized spacial score (nSPS) is 16.0. The number of carbonyl (C=O) groups excluding carboxylic acids is 2. The van der Waals surface area contributed by atoms with Crippen LogP contribution in [0.4, 0.5) is 17.1 Å². The lowest BCUT2D eigenvalue weighted by atomic mass is 9.95. The van der Waals surface area contributed by atoms with Crippen molar-refractivity contribution in [1.82, 2.24) is 5.32 Å². The molecule has 5 rings (SSSR count). The van der Waals surface area contributed by atoms with E-state index in [9.17, 15) is 22.8 Å². The van der Waals surface area contributed by atoms with Gasteiger partial charge in [0, 0.05) is 43.8 Å². The molecule has 0 aromatic heterocycles. The molecule has 2 amide bonds. The van der Waals surface area contributed by atoms with E-state index in [2.05, 4.69) is 16.0 Å². The third kappa shape index (κ3) is 8.55. The Morgan fingerprint density at radius 1 is 0.885 bits per heavy atom. The fourth-order valence-corrected chi connectivity index (χ4v) is 8.56. The Hall–Kier alpha value is -4.98. The van der Waals surface area contributed by atoms with Crippen LogP contribution in [-0.4, -0.2) is 67.5 Å². The standard InChI is InChI=1S/C38H48N4O9S/c1-24(43)40-29-15-12-25-21-34(49-3)37(50-4)38(51-5)36(25)27-14-16-30(32(44)23-28(27)29)39-18-8-6-7-11-35(45)41-26-13-17-31(33(22-26)48-2)42-19-9-10-20-52(42,46)47/h13-14,16-17,21-23,29H,6-12,15,18-20H2,1-5H3,(H,39,44)(H,40,43)(H,41,45). The molecule has 0 bridgehead atoms. The molecule has 1 aliphatic carbocycles. The largest absolute Gasteiger partial charge is 0.494 e. The maximum Gasteiger partial charge on any atom is 0.235 e. The highest BCUT2D eigenvalue weighted by Crippen LogP contribution is 2.50. The Morgan fingerprint density at radius 3 is 2.35 bits per heavy atom. The van der Waals surface area contributed by atoms with Gasteiger partial charge in [0.2, 0.25) is 33.0 Å². The fourth-order valence-electron chi connectivity index (χ4n) is 6.91. The van der Waals surface area contributed by atoms with E-state index in [1.165, 1.54) is 18.3 Å². The van der Waals surface area contributed by atoms with Gasteiger partial charge in [-0.3, -0.25) is 18.7 Å². The average molecular weight is 737 g/mol. The summed E-state index contributed by atoms with van der Waals surface area (Å²) in [4.78, 5) is 38.5. The number of anilines is 3. The highest BCUT2D eigenvalue weighted by atomic mass is 32.2. The first kappa shape index (κ1) is 38.3. The second-order valence-electron chi connectivity index (χ2n) is 12.9. The third-order valence-electron chi connectivity index (χ3n) is 9.39. The number of hydrogen-bond donors (Lipinski definition) is 3. The van der Waals surface area contributed by atoms with E-state index in [1.54, 1.807) is 51.7 Å². The van der Waals surface area contributed by atoms with Gasteiger partial charge >= 0.3 is 0 Å². The van der Waals surface area contributed by atoms with Crippen molar-refractivity contribution in [2.45, 2.75) is 64.3 Å². The first-order valence-corrected chi connectivity index (χ1v) is 19.1. The number of carbonyl (C=O) groups is 2. The van der Waals surface area contributed by atoms with Crippen LogP contribution >= 0.6 is 0 Å². The number of aryl methyl sites for hydroxylation is 1. The van der Waals surface area contributed by atoms with Crippen molar-refractivity contribution in [2.75, 3.05) is 62.2 Å². The van der Waals surface area contributed by atoms with Crippen LogP contribution in [-0.2, 0) is 26.0 Å². The third-order valence-corrected chi connectivity index (χ3v) is 11.2. The molecule has 1 atom stereocenters. The van der Waals surface area contributed by atoms with Crippen LogP contribution in [0, 0.1) is 0 Å². The molecule has 0 saturated carbocycles. The lowest BCUT2D eigenvalue weighted by molar-refractivity contribution is -0.119. The van der Waals surface area contributed by atoms with Gasteiger partial charge in [-0.25, -0.2) is 8.42 Å². The zero-order valence-electron chi connectivity index (χ0n) is 30.4. The molecule has 3 aromatic rings. The first-order valence-electron chi connectivity index (χ1n) is 17.5. The van der Waals surface area contributed by atoms with Crippen LogP contribution in [0.5, 0.6) is 23.0 Å². The number of unbranched alkanes of at least 4 members (excludes halogenated alkanes) is 2. The summed E-state index contributed by atoms with van der Waals surface area (Å²) in [5.74, 6) is 1.59. The van der Waals surface area contributed by atoms with Crippen LogP contribution in [0.3, 0.4) is 0 Å². The van der Waals surface area contributed by atoms with Gasteiger partial charge in [-0.15, -0.1) is 0 Å². The molecular formula is C38H48N4O9S. The van der Waals surface area contributed by atoms with Gasteiger partial charge in [0.15, 0.2) is 11.5 Å². The molecule has 280 valence electrons. The summed E-state index contributed by atoms with van der Waals surface area (Å²) >= 11 is 0. The van der Waals surface area contributed by atoms with Crippen molar-refractivity contribution in [3.63, 3.8) is 0 Å². The first-order chi connectivity index (χ1) is 25.0. The van der Waals surface area contributed by atoms with Crippen LogP contribution in [0.25, 0.3) is 11.1 Å². The summed E-state index contributed by atoms with van der Waals surface area (Å²) in [5, 5.41) is 9.16. The minimum absolute atomic E-state index is 0.103. The molecule has 14 heteroatoms. The summed E-state index contributed by atoms with van der Waals surface area (Å²) in [6.07, 6.45) is 4.99. The lowest BCUT2D eigenvalue weighted by Crippen LogP contribution is -2.38. The number of fused-ring (bicyclic) bond motifs is 3. The monoisotopic (exact) mass is 736 g/mol. The van der Waals surface area contributed by atoms with E-state index in [1.807, 2.05) is 12.1 Å². The number of hydrogen-bond acceptors (Lipinski definition) is 10. The summed E-state index contributed by atoms with van der Waals surface area (Å²) in [7, 11) is 2.75. The molecule has 1 saturated heterocycles. The highest BCUT2D eigenvalue weighted by molar-refractivity contribution is 7.92. The van der Waals surface area contributed by atoms with Crippen LogP contribution < -0.4 is 44.6 Å². The predicted octanol–water partition coefficient (Wildman–Crippen LogP) is 5.41. The van der Waals surface area contributed by atoms with Gasteiger partial charge in [0.25, 0.3) is 0 Å². The van der Waals surface area contributed by atoms with Crippen molar-refractivity contribution < 1.29 is 37.0 Å². The highest BCUT2D eigenvalue weighted by Gasteiger charge is 2.30. The topological polar surface area (TPSA) is 162 Å². The van der Waals surface area contributed by atoms with E-state index in [0.29, 0.717) is 90.8 Å². The van der Waals surface area contributed by atoms with Gasteiger partial charge < -0.3 is 34.9 Å². The smallest absolute Gasteiger partial charge is 0.235 e. The van der Waals surface area contributed by atoms with Gasteiger partial charge in [-0.2, -0.15) is 0 Å². The zero-order chi connectivity index (χ0) is 37.4. The van der Waals surface area contributed by atoms with Crippen molar-refractivity contribution in [3.8, 4) is 34.1 Å². The Balaban J connectivity index is 1.22. The van der Waals surface area contributed by atoms with E-state index in [-0.39, 0.29) is 23.0 Å². The predicted molar refractivity (Wildman–Crippen MR) is 202 cm³/mol. The molecule has 1 heterocycles. The SMILES string of the molecule is COc1cc(NC(=O)CCCCCNc2ccc3c(cc2=O)C(NC(C)=O)CCc2cc(OC)c(OC)c(OC)c2-3)ccc1N1CCCCS1(=O)=O. The molecule has 1 unspecified atom stereocenters. The number of sulfonamides is 1. The molecule has 3 N–H and O–H groups in total. The zero-order valence-corrected chi connectivity index (χ0v) is 31.2. The Bertz CT molecular complexity index is 1970. The van der Waals surface area contributed by atoms with Gasteiger partial charge in [0.1, 0.15) is 5.75 Å². The molecule has 0 radical (unpaired) electrons. The maximum absolute atomic E-state index is 13.6. The summed E-state index contributed by atoms with van der Waals surface area (Å²) in [6.45, 7) is 2.38. The Kier molecular flexibility index (Phi) is 12.5. The van der Waals surface area contributed by atoms with E-state index < -0.39 is 16.1 Å². The number of ether oxygens (including phenoxy) is 4. The van der Waals surface area contributed by atoms with E-state index in [4.69, 9.17) is 18.9 Å². The summed E-state index contributed by atoms with van der Waals surface area (Å²) < 4.78 is 49.1. The number of nitrogens with one attached hydrogen (secondary N) is 3. The van der Waals surface area contributed by atoms with Crippen molar-refractivity contribution in [2.24, 2.45) is 0 Å². The van der Waals surface area contributed by atoms with Gasteiger partial charge in [-0.1, -0.05) is 12.5 Å². The molecule has 3 aromatic carbocycles. The van der Waals surface area contributed by atoms with E-state index >= 15 is 0 Å². The van der Waals surface area contributed by atoms with Crippen LogP contribution in [0.15, 0.2) is 47.3 Å². The van der Waals surface area contributed by atoms with Crippen molar-refractivity contribution in [3.05, 3.63) is 63.8 Å². The Labute approximate surface area is 305 Å². The number of methoxy groups -OCH3 is 4. The molecule has 0 spiro atoms. The minimum Gasteiger partial charge on any atom is -0.494 e. The van der Waals surface area contributed by atoms with Crippen LogP contribution in [0.2, 0.25) is 0 Å². The van der Waals surface area contributed by atoms with Crippen molar-refractivity contribution >= 4 is 38.9 Å². The minimum atomic E-state index is -3.40.